The van der Waals surface area contributed by atoms with Crippen molar-refractivity contribution in [2.75, 3.05) is 25.2 Å². The molecule has 5 nitrogen and oxygen atoms in total. The number of anilines is 1. The molecule has 20 heavy (non-hydrogen) atoms. The molecule has 1 aromatic rings. The number of amides is 1. The van der Waals surface area contributed by atoms with Crippen molar-refractivity contribution in [1.82, 2.24) is 4.98 Å². The molecule has 1 N–H and O–H groups in total. The van der Waals surface area contributed by atoms with Crippen LogP contribution in [0.4, 0.5) is 5.82 Å². The predicted octanol–water partition coefficient (Wildman–Crippen LogP) is 1.20. The number of pyridine rings is 1. The number of hydrogen-bond donors (Lipinski definition) is 1. The van der Waals surface area contributed by atoms with Crippen molar-refractivity contribution in [3.8, 4) is 17.6 Å². The normalized spacial score (nSPS) is 14.8. The van der Waals surface area contributed by atoms with E-state index in [2.05, 4.69) is 16.8 Å². The molecule has 1 aliphatic heterocycles. The summed E-state index contributed by atoms with van der Waals surface area (Å²) >= 11 is 0. The van der Waals surface area contributed by atoms with Gasteiger partial charge in [0.05, 0.1) is 19.6 Å². The van der Waals surface area contributed by atoms with Gasteiger partial charge in [0, 0.05) is 30.3 Å². The minimum Gasteiger partial charge on any atom is -0.489 e. The van der Waals surface area contributed by atoms with Crippen molar-refractivity contribution in [3.63, 3.8) is 0 Å². The Bertz CT molecular complexity index is 585. The first kappa shape index (κ1) is 14.4. The molecule has 0 saturated heterocycles. The fourth-order valence-corrected chi connectivity index (χ4v) is 1.68. The molecule has 0 fully saturated rings. The van der Waals surface area contributed by atoms with Crippen LogP contribution in [0.5, 0.6) is 5.75 Å². The lowest BCUT2D eigenvalue weighted by Crippen LogP contribution is -2.25. The number of aliphatic hydroxyl groups is 1. The molecule has 5 heteroatoms. The average Bonchev–Trinajstić information content (AvgIpc) is 2.57. The van der Waals surface area contributed by atoms with Crippen LogP contribution in [0.3, 0.4) is 0 Å². The molecular formula is C15H18N2O3. The van der Waals surface area contributed by atoms with Gasteiger partial charge in [0.25, 0.3) is 0 Å². The topological polar surface area (TPSA) is 62.7 Å². The second kappa shape index (κ2) is 5.51. The number of aromatic nitrogens is 1. The van der Waals surface area contributed by atoms with Crippen LogP contribution in [0.15, 0.2) is 12.3 Å². The lowest BCUT2D eigenvalue weighted by molar-refractivity contribution is -0.118. The van der Waals surface area contributed by atoms with Crippen molar-refractivity contribution >= 4 is 11.7 Å². The Kier molecular flexibility index (Phi) is 3.96. The maximum Gasteiger partial charge on any atom is 0.231 e. The highest BCUT2D eigenvalue weighted by molar-refractivity contribution is 5.93. The van der Waals surface area contributed by atoms with Crippen molar-refractivity contribution in [1.29, 1.82) is 0 Å². The Hall–Kier alpha value is -2.06. The number of hydrogen-bond acceptors (Lipinski definition) is 4. The molecule has 2 rings (SSSR count). The highest BCUT2D eigenvalue weighted by Gasteiger charge is 2.21. The minimum atomic E-state index is -0.458. The van der Waals surface area contributed by atoms with E-state index in [1.54, 1.807) is 19.3 Å². The first-order chi connectivity index (χ1) is 9.43. The fraction of sp³-hybridized carbons (Fsp3) is 0.467. The summed E-state index contributed by atoms with van der Waals surface area (Å²) in [4.78, 5) is 17.5. The molecule has 1 amide bonds. The number of rotatable bonds is 1. The van der Waals surface area contributed by atoms with E-state index in [9.17, 15) is 9.90 Å². The van der Waals surface area contributed by atoms with Crippen LogP contribution in [0.2, 0.25) is 0 Å². The summed E-state index contributed by atoms with van der Waals surface area (Å²) < 4.78 is 5.55. The van der Waals surface area contributed by atoms with E-state index in [-0.39, 0.29) is 12.5 Å². The molecule has 0 bridgehead atoms. The molecule has 0 radical (unpaired) electrons. The average molecular weight is 274 g/mol. The molecular weight excluding hydrogens is 256 g/mol. The van der Waals surface area contributed by atoms with Crippen molar-refractivity contribution in [3.05, 3.63) is 17.8 Å². The van der Waals surface area contributed by atoms with Crippen LogP contribution >= 0.6 is 0 Å². The molecule has 0 unspecified atom stereocenters. The third-order valence-electron chi connectivity index (χ3n) is 3.04. The number of carbonyl (C=O) groups excluding carboxylic acids is 1. The van der Waals surface area contributed by atoms with Crippen molar-refractivity contribution in [2.45, 2.75) is 20.3 Å². The van der Waals surface area contributed by atoms with E-state index in [4.69, 9.17) is 4.74 Å². The van der Waals surface area contributed by atoms with Crippen LogP contribution in [-0.2, 0) is 4.79 Å². The van der Waals surface area contributed by atoms with Gasteiger partial charge in [-0.05, 0) is 13.8 Å². The molecule has 1 aromatic heterocycles. The van der Waals surface area contributed by atoms with E-state index < -0.39 is 5.41 Å². The standard InChI is InChI=1S/C15H18N2O3/c1-15(2,10-18)6-4-11-8-12-14(16-9-11)17(3)13(19)5-7-20-12/h8-9,18H,5,7,10H2,1-3H3. The number of fused-ring (bicyclic) bond motifs is 1. The Morgan fingerprint density at radius 3 is 3.00 bits per heavy atom. The van der Waals surface area contributed by atoms with Crippen LogP contribution in [0.25, 0.3) is 0 Å². The van der Waals surface area contributed by atoms with Gasteiger partial charge in [-0.25, -0.2) is 4.98 Å². The summed E-state index contributed by atoms with van der Waals surface area (Å²) in [6.45, 7) is 4.06. The van der Waals surface area contributed by atoms with Gasteiger partial charge in [0.2, 0.25) is 5.91 Å². The lowest BCUT2D eigenvalue weighted by atomic mass is 9.95. The summed E-state index contributed by atoms with van der Waals surface area (Å²) in [6, 6.07) is 1.78. The second-order valence-corrected chi connectivity index (χ2v) is 5.39. The SMILES string of the molecule is CN1C(=O)CCOc2cc(C#CC(C)(C)CO)cnc21. The summed E-state index contributed by atoms with van der Waals surface area (Å²) in [5, 5.41) is 9.18. The second-order valence-electron chi connectivity index (χ2n) is 5.39. The number of aliphatic hydroxyl groups excluding tert-OH is 1. The zero-order valence-corrected chi connectivity index (χ0v) is 11.9. The molecule has 106 valence electrons. The zero-order valence-electron chi connectivity index (χ0n) is 11.9. The number of nitrogens with zero attached hydrogens (tertiary/aromatic N) is 2. The van der Waals surface area contributed by atoms with Gasteiger partial charge in [-0.3, -0.25) is 9.69 Å². The van der Waals surface area contributed by atoms with Crippen LogP contribution in [-0.4, -0.2) is 36.3 Å². The van der Waals surface area contributed by atoms with Gasteiger partial charge < -0.3 is 9.84 Å². The molecule has 0 spiro atoms. The Balaban J connectivity index is 2.33. The molecule has 0 aliphatic carbocycles. The monoisotopic (exact) mass is 274 g/mol. The zero-order chi connectivity index (χ0) is 14.8. The van der Waals surface area contributed by atoms with Crippen LogP contribution in [0, 0.1) is 17.3 Å². The molecule has 0 saturated carbocycles. The van der Waals surface area contributed by atoms with Crippen LogP contribution < -0.4 is 9.64 Å². The maximum atomic E-state index is 11.7. The summed E-state index contributed by atoms with van der Waals surface area (Å²) in [7, 11) is 1.68. The van der Waals surface area contributed by atoms with Crippen molar-refractivity contribution < 1.29 is 14.6 Å². The van der Waals surface area contributed by atoms with E-state index in [1.807, 2.05) is 13.8 Å². The van der Waals surface area contributed by atoms with Gasteiger partial charge in [-0.2, -0.15) is 0 Å². The van der Waals surface area contributed by atoms with Gasteiger partial charge in [0.1, 0.15) is 0 Å². The Morgan fingerprint density at radius 2 is 2.30 bits per heavy atom. The summed E-state index contributed by atoms with van der Waals surface area (Å²) in [6.07, 6.45) is 1.95. The largest absolute Gasteiger partial charge is 0.489 e. The van der Waals surface area contributed by atoms with Gasteiger partial charge in [-0.15, -0.1) is 0 Å². The molecule has 1 aliphatic rings. The maximum absolute atomic E-state index is 11.7. The summed E-state index contributed by atoms with van der Waals surface area (Å²) in [5.41, 5.74) is 0.244. The molecule has 2 heterocycles. The highest BCUT2D eigenvalue weighted by Crippen LogP contribution is 2.28. The first-order valence-corrected chi connectivity index (χ1v) is 6.46. The van der Waals surface area contributed by atoms with E-state index >= 15 is 0 Å². The first-order valence-electron chi connectivity index (χ1n) is 6.46. The fourth-order valence-electron chi connectivity index (χ4n) is 1.68. The predicted molar refractivity (Wildman–Crippen MR) is 75.5 cm³/mol. The van der Waals surface area contributed by atoms with Gasteiger partial charge in [0.15, 0.2) is 11.6 Å². The van der Waals surface area contributed by atoms with Crippen LogP contribution in [0.1, 0.15) is 25.8 Å². The molecule has 0 atom stereocenters. The van der Waals surface area contributed by atoms with E-state index in [0.29, 0.717) is 30.2 Å². The number of carbonyl (C=O) groups is 1. The summed E-state index contributed by atoms with van der Waals surface area (Å²) in [5.74, 6) is 7.03. The number of ether oxygens (including phenoxy) is 1. The van der Waals surface area contributed by atoms with Crippen molar-refractivity contribution in [2.24, 2.45) is 5.41 Å². The lowest BCUT2D eigenvalue weighted by Gasteiger charge is -2.15. The third-order valence-corrected chi connectivity index (χ3v) is 3.04. The Labute approximate surface area is 118 Å². The Morgan fingerprint density at radius 1 is 1.55 bits per heavy atom. The third kappa shape index (κ3) is 3.09. The van der Waals surface area contributed by atoms with Gasteiger partial charge in [-0.1, -0.05) is 11.8 Å². The molecule has 0 aromatic carbocycles. The quantitative estimate of drug-likeness (QED) is 0.782. The smallest absolute Gasteiger partial charge is 0.231 e. The van der Waals surface area contributed by atoms with E-state index in [1.165, 1.54) is 4.90 Å². The minimum absolute atomic E-state index is 0.00783. The highest BCUT2D eigenvalue weighted by atomic mass is 16.5. The van der Waals surface area contributed by atoms with Gasteiger partial charge >= 0.3 is 0 Å². The van der Waals surface area contributed by atoms with E-state index in [0.717, 1.165) is 0 Å².